The van der Waals surface area contributed by atoms with Crippen molar-refractivity contribution in [3.63, 3.8) is 0 Å². The monoisotopic (exact) mass is 279 g/mol. The molecule has 0 atom stereocenters. The fourth-order valence-electron chi connectivity index (χ4n) is 2.22. The number of nitro groups is 1. The van der Waals surface area contributed by atoms with Crippen LogP contribution in [0, 0.1) is 10.1 Å². The third-order valence-corrected chi connectivity index (χ3v) is 3.26. The van der Waals surface area contributed by atoms with E-state index in [1.807, 2.05) is 0 Å². The van der Waals surface area contributed by atoms with Crippen LogP contribution in [0.4, 0.5) is 11.5 Å². The zero-order chi connectivity index (χ0) is 14.5. The van der Waals surface area contributed by atoms with Gasteiger partial charge in [0.15, 0.2) is 0 Å². The lowest BCUT2D eigenvalue weighted by Gasteiger charge is -2.14. The van der Waals surface area contributed by atoms with Crippen molar-refractivity contribution in [2.75, 3.05) is 31.9 Å². The van der Waals surface area contributed by atoms with Crippen molar-refractivity contribution in [1.29, 1.82) is 0 Å². The molecule has 1 fully saturated rings. The van der Waals surface area contributed by atoms with Gasteiger partial charge >= 0.3 is 0 Å². The van der Waals surface area contributed by atoms with E-state index in [1.54, 1.807) is 0 Å². The summed E-state index contributed by atoms with van der Waals surface area (Å²) in [5.74, 6) is -0.412. The summed E-state index contributed by atoms with van der Waals surface area (Å²) >= 11 is 0. The van der Waals surface area contributed by atoms with Gasteiger partial charge in [-0.25, -0.2) is 4.98 Å². The lowest BCUT2D eigenvalue weighted by atomic mass is 10.2. The number of carbonyl (C=O) groups is 1. The first-order chi connectivity index (χ1) is 9.58. The highest BCUT2D eigenvalue weighted by Gasteiger charge is 2.21. The molecule has 1 aliphatic rings. The molecule has 0 bridgehead atoms. The minimum atomic E-state index is -0.637. The van der Waals surface area contributed by atoms with Crippen molar-refractivity contribution < 1.29 is 9.72 Å². The highest BCUT2D eigenvalue weighted by molar-refractivity contribution is 5.98. The molecule has 108 valence electrons. The van der Waals surface area contributed by atoms with Gasteiger partial charge in [-0.05, 0) is 32.0 Å². The molecule has 1 saturated heterocycles. The van der Waals surface area contributed by atoms with Gasteiger partial charge in [0.2, 0.25) is 0 Å². The van der Waals surface area contributed by atoms with E-state index in [4.69, 9.17) is 5.73 Å². The normalized spacial score (nSPS) is 15.2. The summed E-state index contributed by atoms with van der Waals surface area (Å²) in [7, 11) is 0. The summed E-state index contributed by atoms with van der Waals surface area (Å²) < 4.78 is 0. The van der Waals surface area contributed by atoms with Gasteiger partial charge in [0, 0.05) is 13.1 Å². The number of anilines is 1. The summed E-state index contributed by atoms with van der Waals surface area (Å²) in [4.78, 5) is 28.1. The van der Waals surface area contributed by atoms with Gasteiger partial charge in [0.05, 0.1) is 4.92 Å². The van der Waals surface area contributed by atoms with Gasteiger partial charge in [-0.2, -0.15) is 0 Å². The van der Waals surface area contributed by atoms with Crippen molar-refractivity contribution >= 4 is 17.4 Å². The van der Waals surface area contributed by atoms with Crippen LogP contribution in [0.25, 0.3) is 0 Å². The second-order valence-corrected chi connectivity index (χ2v) is 4.69. The number of aromatic nitrogens is 1. The second-order valence-electron chi connectivity index (χ2n) is 4.69. The van der Waals surface area contributed by atoms with E-state index < -0.39 is 10.8 Å². The first kappa shape index (κ1) is 14.2. The Hall–Kier alpha value is -2.22. The van der Waals surface area contributed by atoms with Crippen LogP contribution in [0.2, 0.25) is 0 Å². The quantitative estimate of drug-likeness (QED) is 0.595. The summed E-state index contributed by atoms with van der Waals surface area (Å²) in [6, 6.07) is 1.23. The Kier molecular flexibility index (Phi) is 4.46. The molecule has 2 heterocycles. The number of amides is 1. The van der Waals surface area contributed by atoms with Crippen LogP contribution in [0.1, 0.15) is 23.2 Å². The van der Waals surface area contributed by atoms with Crippen LogP contribution in [-0.4, -0.2) is 46.9 Å². The molecule has 0 unspecified atom stereocenters. The molecule has 3 N–H and O–H groups in total. The number of nitrogen functional groups attached to an aromatic ring is 1. The number of carbonyl (C=O) groups excluding carboxylic acids is 1. The highest BCUT2D eigenvalue weighted by Crippen LogP contribution is 2.18. The van der Waals surface area contributed by atoms with Gasteiger partial charge in [-0.1, -0.05) is 0 Å². The Balaban J connectivity index is 1.97. The minimum Gasteiger partial charge on any atom is -0.384 e. The molecule has 1 aromatic heterocycles. The van der Waals surface area contributed by atoms with Gasteiger partial charge in [0.25, 0.3) is 11.6 Å². The van der Waals surface area contributed by atoms with Crippen molar-refractivity contribution in [2.24, 2.45) is 0 Å². The third-order valence-electron chi connectivity index (χ3n) is 3.26. The molecule has 20 heavy (non-hydrogen) atoms. The van der Waals surface area contributed by atoms with Crippen LogP contribution in [0.15, 0.2) is 12.3 Å². The highest BCUT2D eigenvalue weighted by atomic mass is 16.6. The molecule has 0 aliphatic carbocycles. The van der Waals surface area contributed by atoms with Gasteiger partial charge in [0.1, 0.15) is 17.6 Å². The molecular formula is C12H17N5O3. The Morgan fingerprint density at radius 1 is 1.50 bits per heavy atom. The van der Waals surface area contributed by atoms with Crippen LogP contribution in [-0.2, 0) is 0 Å². The SMILES string of the molecule is Nc1cc(C(=O)NCCN2CCCC2)c([N+](=O)[O-])cn1. The summed E-state index contributed by atoms with van der Waals surface area (Å²) in [6.07, 6.45) is 3.37. The zero-order valence-corrected chi connectivity index (χ0v) is 11.0. The van der Waals surface area contributed by atoms with Crippen LogP contribution in [0.5, 0.6) is 0 Å². The molecule has 0 aromatic carbocycles. The number of rotatable bonds is 5. The minimum absolute atomic E-state index is 0.0519. The number of nitrogens with two attached hydrogens (primary N) is 1. The number of pyridine rings is 1. The van der Waals surface area contributed by atoms with E-state index in [2.05, 4.69) is 15.2 Å². The number of likely N-dealkylation sites (tertiary alicyclic amines) is 1. The van der Waals surface area contributed by atoms with Crippen molar-refractivity contribution in [1.82, 2.24) is 15.2 Å². The summed E-state index contributed by atoms with van der Waals surface area (Å²) in [5.41, 5.74) is 5.08. The van der Waals surface area contributed by atoms with Gasteiger partial charge < -0.3 is 16.0 Å². The van der Waals surface area contributed by atoms with E-state index in [9.17, 15) is 14.9 Å². The molecule has 1 aromatic rings. The van der Waals surface area contributed by atoms with E-state index in [-0.39, 0.29) is 17.1 Å². The van der Waals surface area contributed by atoms with E-state index in [0.29, 0.717) is 6.54 Å². The number of nitrogens with one attached hydrogen (secondary N) is 1. The molecule has 8 heteroatoms. The maximum Gasteiger partial charge on any atom is 0.300 e. The average Bonchev–Trinajstić information content (AvgIpc) is 2.91. The topological polar surface area (TPSA) is 114 Å². The molecular weight excluding hydrogens is 262 g/mol. The molecule has 0 saturated carbocycles. The lowest BCUT2D eigenvalue weighted by Crippen LogP contribution is -2.33. The Morgan fingerprint density at radius 3 is 2.85 bits per heavy atom. The average molecular weight is 279 g/mol. The van der Waals surface area contributed by atoms with Crippen LogP contribution >= 0.6 is 0 Å². The molecule has 0 spiro atoms. The number of hydrogen-bond acceptors (Lipinski definition) is 6. The Morgan fingerprint density at radius 2 is 2.20 bits per heavy atom. The third kappa shape index (κ3) is 3.41. The van der Waals surface area contributed by atoms with E-state index in [1.165, 1.54) is 18.9 Å². The largest absolute Gasteiger partial charge is 0.384 e. The maximum absolute atomic E-state index is 12.0. The van der Waals surface area contributed by atoms with Gasteiger partial charge in [-0.3, -0.25) is 14.9 Å². The van der Waals surface area contributed by atoms with E-state index >= 15 is 0 Å². The van der Waals surface area contributed by atoms with Crippen LogP contribution in [0.3, 0.4) is 0 Å². The Labute approximate surface area is 116 Å². The standard InChI is InChI=1S/C12H17N5O3/c13-11-7-9(10(8-15-11)17(19)20)12(18)14-3-6-16-4-1-2-5-16/h7-8H,1-6H2,(H2,13,15)(H,14,18). The number of nitrogens with zero attached hydrogens (tertiary/aromatic N) is 3. The fourth-order valence-corrected chi connectivity index (χ4v) is 2.22. The Bertz CT molecular complexity index is 514. The molecule has 0 radical (unpaired) electrons. The maximum atomic E-state index is 12.0. The molecule has 8 nitrogen and oxygen atoms in total. The molecule has 1 amide bonds. The second kappa shape index (κ2) is 6.29. The van der Waals surface area contributed by atoms with Gasteiger partial charge in [-0.15, -0.1) is 0 Å². The predicted molar refractivity (Wildman–Crippen MR) is 73.3 cm³/mol. The summed E-state index contributed by atoms with van der Waals surface area (Å²) in [5, 5.41) is 13.5. The van der Waals surface area contributed by atoms with Crippen molar-refractivity contribution in [3.05, 3.63) is 27.9 Å². The first-order valence-electron chi connectivity index (χ1n) is 6.48. The first-order valence-corrected chi connectivity index (χ1v) is 6.48. The van der Waals surface area contributed by atoms with Crippen molar-refractivity contribution in [2.45, 2.75) is 12.8 Å². The summed E-state index contributed by atoms with van der Waals surface area (Å²) in [6.45, 7) is 3.29. The predicted octanol–water partition coefficient (Wildman–Crippen LogP) is 0.398. The molecule has 2 rings (SSSR count). The number of hydrogen-bond donors (Lipinski definition) is 2. The van der Waals surface area contributed by atoms with E-state index in [0.717, 1.165) is 25.8 Å². The lowest BCUT2D eigenvalue weighted by molar-refractivity contribution is -0.385. The van der Waals surface area contributed by atoms with Crippen molar-refractivity contribution in [3.8, 4) is 0 Å². The zero-order valence-electron chi connectivity index (χ0n) is 11.0. The smallest absolute Gasteiger partial charge is 0.300 e. The molecule has 1 aliphatic heterocycles. The van der Waals surface area contributed by atoms with Crippen LogP contribution < -0.4 is 11.1 Å². The fraction of sp³-hybridized carbons (Fsp3) is 0.500.